The van der Waals surface area contributed by atoms with E-state index in [4.69, 9.17) is 9.57 Å². The van der Waals surface area contributed by atoms with Gasteiger partial charge < -0.3 is 14.7 Å². The van der Waals surface area contributed by atoms with Crippen molar-refractivity contribution in [3.05, 3.63) is 34.5 Å². The molecule has 1 atom stereocenters. The number of amides is 1. The molecular formula is C13H14N2O5S. The molecule has 1 aliphatic rings. The minimum Gasteiger partial charge on any atom is -0.467 e. The molecule has 8 heteroatoms. The van der Waals surface area contributed by atoms with E-state index < -0.39 is 18.1 Å². The zero-order valence-corrected chi connectivity index (χ0v) is 12.1. The molecule has 112 valence electrons. The predicted molar refractivity (Wildman–Crippen MR) is 76.5 cm³/mol. The zero-order chi connectivity index (χ0) is 15.4. The van der Waals surface area contributed by atoms with Crippen LogP contribution >= 0.6 is 11.3 Å². The highest BCUT2D eigenvalue weighted by atomic mass is 32.1. The smallest absolute Gasteiger partial charge is 0.408 e. The number of esters is 1. The Labute approximate surface area is 125 Å². The van der Waals surface area contributed by atoms with Crippen LogP contribution in [0.4, 0.5) is 4.79 Å². The molecule has 2 rings (SSSR count). The van der Waals surface area contributed by atoms with Crippen LogP contribution in [0.3, 0.4) is 0 Å². The minimum absolute atomic E-state index is 0.0457. The molecular weight excluding hydrogens is 296 g/mol. The summed E-state index contributed by atoms with van der Waals surface area (Å²) in [6, 6.07) is 0.812. The fourth-order valence-electron chi connectivity index (χ4n) is 2.02. The van der Waals surface area contributed by atoms with Gasteiger partial charge in [-0.3, -0.25) is 4.90 Å². The van der Waals surface area contributed by atoms with Gasteiger partial charge in [-0.05, 0) is 11.4 Å². The average molecular weight is 310 g/mol. The molecule has 0 saturated carbocycles. The Balaban J connectivity index is 2.43. The number of ether oxygens (including phenoxy) is 1. The molecule has 0 bridgehead atoms. The Morgan fingerprint density at radius 3 is 3.05 bits per heavy atom. The van der Waals surface area contributed by atoms with Gasteiger partial charge in [-0.2, -0.15) is 0 Å². The van der Waals surface area contributed by atoms with Gasteiger partial charge in [0.1, 0.15) is 12.3 Å². The van der Waals surface area contributed by atoms with Gasteiger partial charge in [0.2, 0.25) is 0 Å². The molecule has 1 amide bonds. The Hall–Kier alpha value is -2.35. The van der Waals surface area contributed by atoms with E-state index in [-0.39, 0.29) is 13.2 Å². The molecule has 0 fully saturated rings. The highest BCUT2D eigenvalue weighted by molar-refractivity contribution is 7.10. The molecule has 0 aromatic carbocycles. The number of methoxy groups -OCH3 is 1. The molecule has 0 aliphatic carbocycles. The molecule has 0 spiro atoms. The first-order valence-corrected chi connectivity index (χ1v) is 6.93. The van der Waals surface area contributed by atoms with Crippen molar-refractivity contribution in [2.45, 2.75) is 6.04 Å². The third kappa shape index (κ3) is 2.89. The fraction of sp³-hybridized carbons (Fsp3) is 0.308. The van der Waals surface area contributed by atoms with Crippen LogP contribution in [-0.2, 0) is 14.4 Å². The van der Waals surface area contributed by atoms with Gasteiger partial charge in [0.25, 0.3) is 0 Å². The Morgan fingerprint density at radius 1 is 1.67 bits per heavy atom. The molecule has 1 unspecified atom stereocenters. The van der Waals surface area contributed by atoms with E-state index in [2.05, 4.69) is 11.7 Å². The summed E-state index contributed by atoms with van der Waals surface area (Å²) in [5.41, 5.74) is 1.16. The van der Waals surface area contributed by atoms with Gasteiger partial charge >= 0.3 is 12.1 Å². The standard InChI is InChI=1S/C13H14N2O5S/c1-3-5-20-14-9-7-15(13(17)18)10(12(16)19-2)11-8(9)4-6-21-11/h3-4,6,10H,1,5,7H2,2H3,(H,17,18). The molecule has 21 heavy (non-hydrogen) atoms. The summed E-state index contributed by atoms with van der Waals surface area (Å²) in [7, 11) is 1.23. The fourth-order valence-corrected chi connectivity index (χ4v) is 3.04. The highest BCUT2D eigenvalue weighted by Crippen LogP contribution is 2.35. The van der Waals surface area contributed by atoms with E-state index in [0.29, 0.717) is 16.2 Å². The second-order valence-corrected chi connectivity index (χ2v) is 5.10. The summed E-state index contributed by atoms with van der Waals surface area (Å²) in [6.45, 7) is 3.68. The van der Waals surface area contributed by atoms with Crippen molar-refractivity contribution in [3.63, 3.8) is 0 Å². The molecule has 0 radical (unpaired) electrons. The van der Waals surface area contributed by atoms with Crippen LogP contribution in [-0.4, -0.2) is 48.0 Å². The summed E-state index contributed by atoms with van der Waals surface area (Å²) in [4.78, 5) is 29.9. The number of fused-ring (bicyclic) bond motifs is 1. The Kier molecular flexibility index (Phi) is 4.59. The highest BCUT2D eigenvalue weighted by Gasteiger charge is 2.40. The lowest BCUT2D eigenvalue weighted by molar-refractivity contribution is -0.146. The van der Waals surface area contributed by atoms with E-state index >= 15 is 0 Å². The third-order valence-corrected chi connectivity index (χ3v) is 3.89. The number of carbonyl (C=O) groups is 2. The summed E-state index contributed by atoms with van der Waals surface area (Å²) in [5.74, 6) is -0.618. The van der Waals surface area contributed by atoms with Crippen molar-refractivity contribution >= 4 is 29.1 Å². The third-order valence-electron chi connectivity index (χ3n) is 2.92. The van der Waals surface area contributed by atoms with E-state index in [1.807, 2.05) is 0 Å². The topological polar surface area (TPSA) is 88.4 Å². The van der Waals surface area contributed by atoms with Crippen LogP contribution in [0.15, 0.2) is 29.3 Å². The number of hydrogen-bond donors (Lipinski definition) is 1. The number of thiophene rings is 1. The van der Waals surface area contributed by atoms with Crippen LogP contribution in [0.1, 0.15) is 16.5 Å². The molecule has 1 aliphatic heterocycles. The molecule has 2 heterocycles. The van der Waals surface area contributed by atoms with Gasteiger partial charge in [-0.1, -0.05) is 17.8 Å². The SMILES string of the molecule is C=CCON=C1CN(C(=O)O)C(C(=O)OC)c2sccc21. The molecule has 1 aromatic rings. The Morgan fingerprint density at radius 2 is 2.43 bits per heavy atom. The average Bonchev–Trinajstić information content (AvgIpc) is 2.95. The largest absolute Gasteiger partial charge is 0.467 e. The van der Waals surface area contributed by atoms with Crippen molar-refractivity contribution in [1.29, 1.82) is 0 Å². The van der Waals surface area contributed by atoms with Crippen LogP contribution in [0.25, 0.3) is 0 Å². The molecule has 1 aromatic heterocycles. The van der Waals surface area contributed by atoms with Crippen LogP contribution in [0.5, 0.6) is 0 Å². The quantitative estimate of drug-likeness (QED) is 0.397. The maximum Gasteiger partial charge on any atom is 0.408 e. The maximum absolute atomic E-state index is 11.9. The van der Waals surface area contributed by atoms with Crippen LogP contribution in [0.2, 0.25) is 0 Å². The monoisotopic (exact) mass is 310 g/mol. The van der Waals surface area contributed by atoms with Gasteiger partial charge in [0.15, 0.2) is 6.04 Å². The van der Waals surface area contributed by atoms with E-state index in [1.54, 1.807) is 11.4 Å². The second-order valence-electron chi connectivity index (χ2n) is 4.16. The van der Waals surface area contributed by atoms with Crippen LogP contribution < -0.4 is 0 Å². The van der Waals surface area contributed by atoms with E-state index in [1.165, 1.54) is 24.5 Å². The van der Waals surface area contributed by atoms with Crippen molar-refractivity contribution in [3.8, 4) is 0 Å². The number of carboxylic acid groups (broad SMARTS) is 1. The maximum atomic E-state index is 11.9. The lowest BCUT2D eigenvalue weighted by atomic mass is 10.0. The molecule has 0 saturated heterocycles. The summed E-state index contributed by atoms with van der Waals surface area (Å²) in [5, 5.41) is 15.0. The van der Waals surface area contributed by atoms with Crippen molar-refractivity contribution < 1.29 is 24.3 Å². The normalized spacial score (nSPS) is 19.0. The second kappa shape index (κ2) is 6.40. The first-order valence-electron chi connectivity index (χ1n) is 6.05. The first kappa shape index (κ1) is 15.0. The van der Waals surface area contributed by atoms with Gasteiger partial charge in [0, 0.05) is 10.4 Å². The summed E-state index contributed by atoms with van der Waals surface area (Å²) in [6.07, 6.45) is 0.314. The van der Waals surface area contributed by atoms with Crippen molar-refractivity contribution in [2.24, 2.45) is 5.16 Å². The Bertz CT molecular complexity index is 595. The van der Waals surface area contributed by atoms with Gasteiger partial charge in [-0.25, -0.2) is 9.59 Å². The number of nitrogens with zero attached hydrogens (tertiary/aromatic N) is 2. The summed E-state index contributed by atoms with van der Waals surface area (Å²) >= 11 is 1.28. The number of hydrogen-bond acceptors (Lipinski definition) is 6. The number of rotatable bonds is 4. The number of oxime groups is 1. The first-order chi connectivity index (χ1) is 10.1. The van der Waals surface area contributed by atoms with Crippen molar-refractivity contribution in [2.75, 3.05) is 20.3 Å². The molecule has 1 N–H and O–H groups in total. The predicted octanol–water partition coefficient (Wildman–Crippen LogP) is 1.86. The van der Waals surface area contributed by atoms with E-state index in [9.17, 15) is 14.7 Å². The number of carbonyl (C=O) groups excluding carboxylic acids is 1. The van der Waals surface area contributed by atoms with Gasteiger partial charge in [0.05, 0.1) is 13.7 Å². The zero-order valence-electron chi connectivity index (χ0n) is 11.3. The van der Waals surface area contributed by atoms with Crippen LogP contribution in [0, 0.1) is 0 Å². The lowest BCUT2D eigenvalue weighted by Crippen LogP contribution is -2.45. The van der Waals surface area contributed by atoms with Crippen molar-refractivity contribution in [1.82, 2.24) is 4.90 Å². The molecule has 7 nitrogen and oxygen atoms in total. The lowest BCUT2D eigenvalue weighted by Gasteiger charge is -2.31. The van der Waals surface area contributed by atoms with Gasteiger partial charge in [-0.15, -0.1) is 11.3 Å². The minimum atomic E-state index is -1.22. The van der Waals surface area contributed by atoms with E-state index in [0.717, 1.165) is 4.90 Å². The summed E-state index contributed by atoms with van der Waals surface area (Å²) < 4.78 is 4.71.